The standard InChI is InChI=1S/C31H31N5O7/c1-40-21-12-8-19(9-13-21)31(18-6-4-3-5-7-18,20-10-14-22(41-2)15-11-20)42-16-23-25(37)26(38)29(43-23)36-17-33-24-27(36)34-30(32)35-28(24)39/h3-15,17,23-26,29,37-38H,16H2,1-2H3,(H2,32,35,39)/t23-,24?,25-,26-,29-/m1/s1. The lowest BCUT2D eigenvalue weighted by Gasteiger charge is -2.37. The first-order valence-corrected chi connectivity index (χ1v) is 13.6. The van der Waals surface area contributed by atoms with Crippen molar-refractivity contribution in [1.29, 1.82) is 0 Å². The summed E-state index contributed by atoms with van der Waals surface area (Å²) >= 11 is 0. The van der Waals surface area contributed by atoms with E-state index in [4.69, 9.17) is 24.7 Å². The van der Waals surface area contributed by atoms with Gasteiger partial charge >= 0.3 is 0 Å². The maximum absolute atomic E-state index is 12.3. The van der Waals surface area contributed by atoms with Crippen LogP contribution in [0, 0.1) is 0 Å². The largest absolute Gasteiger partial charge is 0.497 e. The summed E-state index contributed by atoms with van der Waals surface area (Å²) in [6.07, 6.45) is -3.42. The van der Waals surface area contributed by atoms with E-state index in [1.54, 1.807) is 14.2 Å². The zero-order chi connectivity index (χ0) is 30.1. The molecule has 3 aromatic carbocycles. The fourth-order valence-electron chi connectivity index (χ4n) is 5.59. The molecule has 222 valence electrons. The molecule has 43 heavy (non-hydrogen) atoms. The number of amides is 1. The van der Waals surface area contributed by atoms with E-state index in [0.717, 1.165) is 16.7 Å². The van der Waals surface area contributed by atoms with Gasteiger partial charge in [0.2, 0.25) is 5.96 Å². The van der Waals surface area contributed by atoms with Gasteiger partial charge in [0.1, 0.15) is 35.4 Å². The Kier molecular flexibility index (Phi) is 7.67. The molecular formula is C31H31N5O7. The van der Waals surface area contributed by atoms with Gasteiger partial charge in [0, 0.05) is 0 Å². The number of amidine groups is 1. The molecule has 1 saturated heterocycles. The molecule has 3 aliphatic rings. The summed E-state index contributed by atoms with van der Waals surface area (Å²) in [6.45, 7) is -0.120. The van der Waals surface area contributed by atoms with Crippen molar-refractivity contribution in [3.05, 3.63) is 95.6 Å². The fraction of sp³-hybridized carbons (Fsp3) is 0.290. The van der Waals surface area contributed by atoms with E-state index in [9.17, 15) is 15.0 Å². The summed E-state index contributed by atoms with van der Waals surface area (Å²) in [5.41, 5.74) is 6.97. The van der Waals surface area contributed by atoms with E-state index < -0.39 is 42.1 Å². The molecule has 12 heteroatoms. The molecule has 0 bridgehead atoms. The third-order valence-electron chi connectivity index (χ3n) is 7.79. The Morgan fingerprint density at radius 2 is 1.44 bits per heavy atom. The molecule has 4 N–H and O–H groups in total. The third-order valence-corrected chi connectivity index (χ3v) is 7.79. The van der Waals surface area contributed by atoms with E-state index in [-0.39, 0.29) is 18.4 Å². The highest BCUT2D eigenvalue weighted by molar-refractivity contribution is 6.21. The summed E-state index contributed by atoms with van der Waals surface area (Å²) < 4.78 is 23.8. The Morgan fingerprint density at radius 1 is 0.860 bits per heavy atom. The average Bonchev–Trinajstić information content (AvgIpc) is 3.58. The quantitative estimate of drug-likeness (QED) is 0.316. The minimum absolute atomic E-state index is 0.120. The predicted octanol–water partition coefficient (Wildman–Crippen LogP) is 1.42. The molecule has 0 spiro atoms. The number of aliphatic hydroxyl groups is 2. The molecule has 0 aromatic heterocycles. The first-order valence-electron chi connectivity index (χ1n) is 13.6. The number of guanidine groups is 1. The molecule has 0 aliphatic carbocycles. The smallest absolute Gasteiger partial charge is 0.281 e. The molecule has 3 heterocycles. The Hall–Kier alpha value is -4.62. The van der Waals surface area contributed by atoms with Crippen LogP contribution in [-0.2, 0) is 19.9 Å². The van der Waals surface area contributed by atoms with Gasteiger partial charge < -0.3 is 34.9 Å². The van der Waals surface area contributed by atoms with Crippen LogP contribution >= 0.6 is 0 Å². The van der Waals surface area contributed by atoms with Crippen LogP contribution in [-0.4, -0.2) is 90.6 Å². The molecule has 5 atom stereocenters. The molecule has 3 aromatic rings. The highest BCUT2D eigenvalue weighted by Crippen LogP contribution is 2.42. The van der Waals surface area contributed by atoms with Gasteiger partial charge in [-0.2, -0.15) is 9.98 Å². The van der Waals surface area contributed by atoms with Gasteiger partial charge in [-0.15, -0.1) is 0 Å². The SMILES string of the molecule is COc1ccc(C(OC[C@H]2O[C@@H](N3C=NC4C(=O)N=C(N)N=C43)[C@H](O)[C@@H]2O)(c2ccccc2)c2ccc(OC)cc2)cc1. The maximum atomic E-state index is 12.3. The van der Waals surface area contributed by atoms with Gasteiger partial charge in [-0.3, -0.25) is 14.7 Å². The number of ether oxygens (including phenoxy) is 4. The van der Waals surface area contributed by atoms with Gasteiger partial charge in [-0.1, -0.05) is 54.6 Å². The zero-order valence-electron chi connectivity index (χ0n) is 23.5. The number of fused-ring (bicyclic) bond motifs is 1. The van der Waals surface area contributed by atoms with E-state index >= 15 is 0 Å². The number of aliphatic imine (C=N–C) groups is 3. The molecule has 6 rings (SSSR count). The van der Waals surface area contributed by atoms with Gasteiger partial charge in [0.05, 0.1) is 27.2 Å². The number of hydrogen-bond donors (Lipinski definition) is 3. The van der Waals surface area contributed by atoms with Gasteiger partial charge in [-0.05, 0) is 41.0 Å². The van der Waals surface area contributed by atoms with Gasteiger partial charge in [0.15, 0.2) is 18.1 Å². The van der Waals surface area contributed by atoms with Crippen molar-refractivity contribution in [2.45, 2.75) is 36.2 Å². The van der Waals surface area contributed by atoms with E-state index in [0.29, 0.717) is 11.5 Å². The molecule has 1 unspecified atom stereocenters. The summed E-state index contributed by atoms with van der Waals surface area (Å²) in [7, 11) is 3.20. The molecule has 3 aliphatic heterocycles. The maximum Gasteiger partial charge on any atom is 0.281 e. The highest BCUT2D eigenvalue weighted by atomic mass is 16.6. The lowest BCUT2D eigenvalue weighted by Crippen LogP contribution is -2.49. The van der Waals surface area contributed by atoms with Gasteiger partial charge in [0.25, 0.3) is 5.91 Å². The number of carbonyl (C=O) groups is 1. The predicted molar refractivity (Wildman–Crippen MR) is 157 cm³/mol. The van der Waals surface area contributed by atoms with Crippen molar-refractivity contribution in [3.8, 4) is 11.5 Å². The van der Waals surface area contributed by atoms with Crippen molar-refractivity contribution in [2.75, 3.05) is 20.8 Å². The number of nitrogens with two attached hydrogens (primary N) is 1. The normalized spacial score (nSPS) is 24.9. The van der Waals surface area contributed by atoms with Crippen LogP contribution in [0.2, 0.25) is 0 Å². The summed E-state index contributed by atoms with van der Waals surface area (Å²) in [6, 6.07) is 23.8. The Bertz CT molecular complexity index is 1510. The Morgan fingerprint density at radius 3 is 2.02 bits per heavy atom. The first-order chi connectivity index (χ1) is 20.8. The average molecular weight is 586 g/mol. The lowest BCUT2D eigenvalue weighted by molar-refractivity contribution is -0.117. The van der Waals surface area contributed by atoms with Crippen LogP contribution in [0.1, 0.15) is 16.7 Å². The Labute approximate surface area is 247 Å². The van der Waals surface area contributed by atoms with Crippen LogP contribution in [0.4, 0.5) is 0 Å². The number of hydrogen-bond acceptors (Lipinski definition) is 11. The van der Waals surface area contributed by atoms with Crippen molar-refractivity contribution in [3.63, 3.8) is 0 Å². The molecule has 0 radical (unpaired) electrons. The topological polar surface area (TPSA) is 161 Å². The Balaban J connectivity index is 1.35. The third kappa shape index (κ3) is 5.04. The molecular weight excluding hydrogens is 554 g/mol. The lowest BCUT2D eigenvalue weighted by atomic mass is 9.80. The molecule has 1 amide bonds. The van der Waals surface area contributed by atoms with Crippen LogP contribution in [0.25, 0.3) is 0 Å². The van der Waals surface area contributed by atoms with Crippen molar-refractivity contribution >= 4 is 24.0 Å². The van der Waals surface area contributed by atoms with E-state index in [1.807, 2.05) is 78.9 Å². The second-order valence-electron chi connectivity index (χ2n) is 10.2. The first kappa shape index (κ1) is 28.5. The number of rotatable bonds is 9. The highest BCUT2D eigenvalue weighted by Gasteiger charge is 2.51. The summed E-state index contributed by atoms with van der Waals surface area (Å²) in [5, 5.41) is 22.2. The fourth-order valence-corrected chi connectivity index (χ4v) is 5.59. The number of methoxy groups -OCH3 is 2. The number of aliphatic hydroxyl groups excluding tert-OH is 2. The van der Waals surface area contributed by atoms with Crippen LogP contribution < -0.4 is 15.2 Å². The minimum Gasteiger partial charge on any atom is -0.497 e. The van der Waals surface area contributed by atoms with Crippen LogP contribution in [0.3, 0.4) is 0 Å². The van der Waals surface area contributed by atoms with Crippen molar-refractivity contribution < 1.29 is 34.0 Å². The van der Waals surface area contributed by atoms with E-state index in [2.05, 4.69) is 15.0 Å². The summed E-state index contributed by atoms with van der Waals surface area (Å²) in [5.74, 6) is 0.750. The molecule has 1 fully saturated rings. The van der Waals surface area contributed by atoms with Crippen LogP contribution in [0.5, 0.6) is 11.5 Å². The van der Waals surface area contributed by atoms with Crippen molar-refractivity contribution in [2.24, 2.45) is 20.7 Å². The van der Waals surface area contributed by atoms with E-state index in [1.165, 1.54) is 11.2 Å². The van der Waals surface area contributed by atoms with Gasteiger partial charge in [-0.25, -0.2) is 0 Å². The molecule has 12 nitrogen and oxygen atoms in total. The van der Waals surface area contributed by atoms with Crippen molar-refractivity contribution in [1.82, 2.24) is 4.90 Å². The zero-order valence-corrected chi connectivity index (χ0v) is 23.5. The second kappa shape index (κ2) is 11.6. The number of carbonyl (C=O) groups excluding carboxylic acids is 1. The van der Waals surface area contributed by atoms with Crippen LogP contribution in [0.15, 0.2) is 93.8 Å². The number of nitrogens with zero attached hydrogens (tertiary/aromatic N) is 4. The monoisotopic (exact) mass is 585 g/mol. The molecule has 0 saturated carbocycles. The number of benzene rings is 3. The second-order valence-corrected chi connectivity index (χ2v) is 10.2. The summed E-state index contributed by atoms with van der Waals surface area (Å²) in [4.78, 5) is 25.6. The minimum atomic E-state index is -1.37.